The second-order valence-corrected chi connectivity index (χ2v) is 8.17. The van der Waals surface area contributed by atoms with Gasteiger partial charge in [0.1, 0.15) is 5.75 Å². The van der Waals surface area contributed by atoms with Gasteiger partial charge >= 0.3 is 5.97 Å². The maximum Gasteiger partial charge on any atom is 0.308 e. The van der Waals surface area contributed by atoms with Crippen LogP contribution in [0.15, 0.2) is 60.7 Å². The molecule has 0 saturated carbocycles. The van der Waals surface area contributed by atoms with Gasteiger partial charge in [0.15, 0.2) is 0 Å². The molecule has 4 rings (SSSR count). The summed E-state index contributed by atoms with van der Waals surface area (Å²) in [6.45, 7) is 4.20. The van der Waals surface area contributed by atoms with Crippen molar-refractivity contribution in [2.24, 2.45) is 5.73 Å². The van der Waals surface area contributed by atoms with Gasteiger partial charge in [-0.1, -0.05) is 56.2 Å². The van der Waals surface area contributed by atoms with Crippen LogP contribution in [-0.4, -0.2) is 16.4 Å². The first-order valence-electron chi connectivity index (χ1n) is 11.1. The number of fused-ring (bicyclic) bond motifs is 3. The highest BCUT2D eigenvalue weighted by Crippen LogP contribution is 2.39. The Morgan fingerprint density at radius 2 is 1.69 bits per heavy atom. The zero-order chi connectivity index (χ0) is 22.7. The van der Waals surface area contributed by atoms with E-state index in [-0.39, 0.29) is 0 Å². The number of carbonyl (C=O) groups excluding carboxylic acids is 2. The quantitative estimate of drug-likeness (QED) is 0.225. The second kappa shape index (κ2) is 9.27. The summed E-state index contributed by atoms with van der Waals surface area (Å²) in [6.07, 6.45) is 4.23. The van der Waals surface area contributed by atoms with E-state index in [1.54, 1.807) is 6.07 Å². The molecule has 1 amide bonds. The third-order valence-electron chi connectivity index (χ3n) is 5.79. The molecule has 32 heavy (non-hydrogen) atoms. The van der Waals surface area contributed by atoms with Gasteiger partial charge in [-0.15, -0.1) is 0 Å². The SMILES string of the molecule is CCCCCc1cc(OC(C)=O)c2c3c(C(N)=O)cccc3n(Cc3ccccc3)c2c1. The molecule has 0 aliphatic rings. The lowest BCUT2D eigenvalue weighted by molar-refractivity contribution is -0.131. The topological polar surface area (TPSA) is 74.3 Å². The summed E-state index contributed by atoms with van der Waals surface area (Å²) < 4.78 is 7.86. The van der Waals surface area contributed by atoms with Gasteiger partial charge in [-0.05, 0) is 48.2 Å². The average molecular weight is 429 g/mol. The molecule has 0 radical (unpaired) electrons. The minimum absolute atomic E-state index is 0.391. The molecule has 0 aliphatic heterocycles. The number of hydrogen-bond donors (Lipinski definition) is 1. The summed E-state index contributed by atoms with van der Waals surface area (Å²) >= 11 is 0. The summed E-state index contributed by atoms with van der Waals surface area (Å²) in [4.78, 5) is 24.3. The maximum absolute atomic E-state index is 12.3. The van der Waals surface area contributed by atoms with E-state index in [1.807, 2.05) is 36.4 Å². The second-order valence-electron chi connectivity index (χ2n) is 8.17. The molecule has 0 spiro atoms. The highest BCUT2D eigenvalue weighted by Gasteiger charge is 2.21. The fraction of sp³-hybridized carbons (Fsp3) is 0.259. The molecular formula is C27H28N2O3. The van der Waals surface area contributed by atoms with Crippen LogP contribution in [-0.2, 0) is 17.8 Å². The number of aryl methyl sites for hydroxylation is 1. The van der Waals surface area contributed by atoms with Gasteiger partial charge in [-0.25, -0.2) is 0 Å². The Labute approximate surface area is 187 Å². The summed E-state index contributed by atoms with van der Waals surface area (Å²) in [5.74, 6) is -0.417. The van der Waals surface area contributed by atoms with Crippen molar-refractivity contribution in [1.29, 1.82) is 0 Å². The maximum atomic E-state index is 12.3. The minimum atomic E-state index is -0.504. The summed E-state index contributed by atoms with van der Waals surface area (Å²) in [7, 11) is 0. The van der Waals surface area contributed by atoms with E-state index in [9.17, 15) is 9.59 Å². The number of carbonyl (C=O) groups is 2. The van der Waals surface area contributed by atoms with Crippen LogP contribution in [0.3, 0.4) is 0 Å². The number of nitrogens with zero attached hydrogens (tertiary/aromatic N) is 1. The number of hydrogen-bond acceptors (Lipinski definition) is 3. The molecule has 164 valence electrons. The first-order valence-corrected chi connectivity index (χ1v) is 11.1. The van der Waals surface area contributed by atoms with E-state index in [1.165, 1.54) is 6.92 Å². The lowest BCUT2D eigenvalue weighted by Crippen LogP contribution is -2.11. The molecule has 0 aliphatic carbocycles. The van der Waals surface area contributed by atoms with Crippen LogP contribution < -0.4 is 10.5 Å². The van der Waals surface area contributed by atoms with Crippen LogP contribution in [0.25, 0.3) is 21.8 Å². The van der Waals surface area contributed by atoms with E-state index >= 15 is 0 Å². The van der Waals surface area contributed by atoms with Crippen LogP contribution in [0, 0.1) is 0 Å². The normalized spacial score (nSPS) is 11.2. The van der Waals surface area contributed by atoms with Gasteiger partial charge in [0.25, 0.3) is 0 Å². The predicted molar refractivity (Wildman–Crippen MR) is 128 cm³/mol. The lowest BCUT2D eigenvalue weighted by atomic mass is 10.0. The zero-order valence-corrected chi connectivity index (χ0v) is 18.6. The van der Waals surface area contributed by atoms with Crippen molar-refractivity contribution < 1.29 is 14.3 Å². The number of aromatic nitrogens is 1. The van der Waals surface area contributed by atoms with Crippen LogP contribution >= 0.6 is 0 Å². The molecule has 0 fully saturated rings. The van der Waals surface area contributed by atoms with E-state index in [0.29, 0.717) is 17.9 Å². The molecule has 0 unspecified atom stereocenters. The molecule has 0 bridgehead atoms. The zero-order valence-electron chi connectivity index (χ0n) is 18.6. The Hall–Kier alpha value is -3.60. The first kappa shape index (κ1) is 21.6. The van der Waals surface area contributed by atoms with Gasteiger partial charge in [-0.3, -0.25) is 9.59 Å². The molecule has 5 nitrogen and oxygen atoms in total. The van der Waals surface area contributed by atoms with Crippen molar-refractivity contribution >= 4 is 33.7 Å². The number of benzene rings is 3. The third kappa shape index (κ3) is 4.24. The van der Waals surface area contributed by atoms with E-state index < -0.39 is 11.9 Å². The standard InChI is InChI=1S/C27H28N2O3/c1-3-4-6-12-20-15-23-26(24(16-20)32-18(2)30)25-21(27(28)31)13-9-14-22(25)29(23)17-19-10-7-5-8-11-19/h5,7-11,13-16H,3-4,6,12,17H2,1-2H3,(H2,28,31). The van der Waals surface area contributed by atoms with Gasteiger partial charge in [0, 0.05) is 24.4 Å². The third-order valence-corrected chi connectivity index (χ3v) is 5.79. The fourth-order valence-electron chi connectivity index (χ4n) is 4.38. The van der Waals surface area contributed by atoms with Crippen LogP contribution in [0.5, 0.6) is 5.75 Å². The molecule has 2 N–H and O–H groups in total. The number of rotatable bonds is 8. The number of ether oxygens (including phenoxy) is 1. The summed E-state index contributed by atoms with van der Waals surface area (Å²) in [5.41, 5.74) is 10.2. The molecule has 1 aromatic heterocycles. The molecular weight excluding hydrogens is 400 g/mol. The Morgan fingerprint density at radius 3 is 2.38 bits per heavy atom. The van der Waals surface area contributed by atoms with Gasteiger partial charge in [0.05, 0.1) is 16.4 Å². The van der Waals surface area contributed by atoms with Crippen LogP contribution in [0.1, 0.15) is 54.6 Å². The molecule has 4 aromatic rings. The Balaban J connectivity index is 2.04. The van der Waals surface area contributed by atoms with Crippen molar-refractivity contribution in [2.45, 2.75) is 46.1 Å². The Bertz CT molecular complexity index is 1290. The highest BCUT2D eigenvalue weighted by atomic mass is 16.5. The van der Waals surface area contributed by atoms with E-state index in [2.05, 4.69) is 29.7 Å². The summed E-state index contributed by atoms with van der Waals surface area (Å²) in [5, 5.41) is 1.47. The van der Waals surface area contributed by atoms with Crippen LogP contribution in [0.2, 0.25) is 0 Å². The first-order chi connectivity index (χ1) is 15.5. The largest absolute Gasteiger partial charge is 0.426 e. The van der Waals surface area contributed by atoms with E-state index in [0.717, 1.165) is 58.6 Å². The summed E-state index contributed by atoms with van der Waals surface area (Å²) in [6, 6.07) is 19.8. The lowest BCUT2D eigenvalue weighted by Gasteiger charge is -2.11. The Morgan fingerprint density at radius 1 is 0.906 bits per heavy atom. The predicted octanol–water partition coefficient (Wildman–Crippen LogP) is 5.60. The molecule has 3 aromatic carbocycles. The van der Waals surface area contributed by atoms with Gasteiger partial charge in [-0.2, -0.15) is 0 Å². The number of nitrogens with two attached hydrogens (primary N) is 1. The van der Waals surface area contributed by atoms with Crippen molar-refractivity contribution in [2.75, 3.05) is 0 Å². The number of unbranched alkanes of at least 4 members (excludes halogenated alkanes) is 2. The molecule has 0 saturated heterocycles. The average Bonchev–Trinajstić information content (AvgIpc) is 3.08. The fourth-order valence-corrected chi connectivity index (χ4v) is 4.38. The minimum Gasteiger partial charge on any atom is -0.426 e. The monoisotopic (exact) mass is 428 g/mol. The van der Waals surface area contributed by atoms with Crippen molar-refractivity contribution in [3.63, 3.8) is 0 Å². The van der Waals surface area contributed by atoms with Crippen molar-refractivity contribution in [1.82, 2.24) is 4.57 Å². The molecule has 5 heteroatoms. The molecule has 0 atom stereocenters. The number of primary amides is 1. The molecule has 1 heterocycles. The van der Waals surface area contributed by atoms with E-state index in [4.69, 9.17) is 10.5 Å². The van der Waals surface area contributed by atoms with Gasteiger partial charge in [0.2, 0.25) is 5.91 Å². The van der Waals surface area contributed by atoms with Crippen molar-refractivity contribution in [3.05, 3.63) is 77.4 Å². The highest BCUT2D eigenvalue weighted by molar-refractivity contribution is 6.20. The number of amides is 1. The Kier molecular flexibility index (Phi) is 6.26. The smallest absolute Gasteiger partial charge is 0.308 e. The van der Waals surface area contributed by atoms with Gasteiger partial charge < -0.3 is 15.0 Å². The number of esters is 1. The van der Waals surface area contributed by atoms with Crippen LogP contribution in [0.4, 0.5) is 0 Å². The van der Waals surface area contributed by atoms with Crippen molar-refractivity contribution in [3.8, 4) is 5.75 Å².